The third-order valence-corrected chi connectivity index (χ3v) is 6.55. The highest BCUT2D eigenvalue weighted by Crippen LogP contribution is 2.42. The number of hydrogen-bond acceptors (Lipinski definition) is 0. The molecular weight excluding hydrogens is 336 g/mol. The van der Waals surface area contributed by atoms with Gasteiger partial charge in [-0.05, 0) is 82.8 Å². The Bertz CT molecular complexity index is 674. The van der Waals surface area contributed by atoms with Crippen LogP contribution in [0.3, 0.4) is 0 Å². The predicted molar refractivity (Wildman–Crippen MR) is 127 cm³/mol. The summed E-state index contributed by atoms with van der Waals surface area (Å²) in [5.74, 6) is 3.94. The summed E-state index contributed by atoms with van der Waals surface area (Å²) in [5.41, 5.74) is 8.17. The van der Waals surface area contributed by atoms with Gasteiger partial charge in [-0.25, -0.2) is 0 Å². The fraction of sp³-hybridized carbons (Fsp3) is 0.571. The van der Waals surface area contributed by atoms with Gasteiger partial charge in [0, 0.05) is 0 Å². The number of hydrogen-bond donors (Lipinski definition) is 0. The maximum absolute atomic E-state index is 2.42. The third kappa shape index (κ3) is 7.82. The number of benzene rings is 2. The van der Waals surface area contributed by atoms with Crippen LogP contribution < -0.4 is 0 Å². The van der Waals surface area contributed by atoms with Gasteiger partial charge in [-0.3, -0.25) is 0 Å². The van der Waals surface area contributed by atoms with Gasteiger partial charge in [0.1, 0.15) is 0 Å². The second kappa shape index (κ2) is 11.4. The van der Waals surface area contributed by atoms with Gasteiger partial charge in [0.05, 0.1) is 0 Å². The van der Waals surface area contributed by atoms with E-state index >= 15 is 0 Å². The van der Waals surface area contributed by atoms with E-state index in [0.717, 1.165) is 23.7 Å². The van der Waals surface area contributed by atoms with Crippen LogP contribution in [0.1, 0.15) is 73.9 Å². The summed E-state index contributed by atoms with van der Waals surface area (Å²) in [7, 11) is 0. The fourth-order valence-corrected chi connectivity index (χ4v) is 4.78. The molecule has 0 nitrogen and oxygen atoms in total. The van der Waals surface area contributed by atoms with Gasteiger partial charge in [0.2, 0.25) is 0 Å². The SMILES string of the molecule is CCC1C(C)CC(C)C1C.Cc1cc(C)cc(C)c1.Cc1ccc(C)c(C)c1. The molecule has 156 valence electrons. The third-order valence-electron chi connectivity index (χ3n) is 6.55. The molecule has 4 unspecified atom stereocenters. The Labute approximate surface area is 175 Å². The van der Waals surface area contributed by atoms with Crippen LogP contribution in [0.25, 0.3) is 0 Å². The van der Waals surface area contributed by atoms with Gasteiger partial charge < -0.3 is 0 Å². The Morgan fingerprint density at radius 3 is 1.43 bits per heavy atom. The maximum Gasteiger partial charge on any atom is -0.0363 e. The first kappa shape index (κ1) is 24.5. The normalized spacial score (nSPS) is 23.4. The van der Waals surface area contributed by atoms with Crippen LogP contribution in [-0.4, -0.2) is 0 Å². The highest BCUT2D eigenvalue weighted by atomic mass is 14.4. The summed E-state index contributed by atoms with van der Waals surface area (Å²) in [6, 6.07) is 13.1. The van der Waals surface area contributed by atoms with E-state index in [1.807, 2.05) is 0 Å². The molecule has 1 fully saturated rings. The van der Waals surface area contributed by atoms with Crippen molar-refractivity contribution in [3.05, 3.63) is 69.8 Å². The van der Waals surface area contributed by atoms with Crippen molar-refractivity contribution < 1.29 is 0 Å². The first-order valence-corrected chi connectivity index (χ1v) is 11.1. The lowest BCUT2D eigenvalue weighted by atomic mass is 9.88. The molecule has 0 radical (unpaired) electrons. The van der Waals surface area contributed by atoms with Gasteiger partial charge in [0.25, 0.3) is 0 Å². The number of rotatable bonds is 1. The van der Waals surface area contributed by atoms with E-state index in [2.05, 4.69) is 106 Å². The van der Waals surface area contributed by atoms with E-state index in [0.29, 0.717) is 0 Å². The molecule has 4 atom stereocenters. The highest BCUT2D eigenvalue weighted by molar-refractivity contribution is 5.29. The quantitative estimate of drug-likeness (QED) is 0.465. The highest BCUT2D eigenvalue weighted by Gasteiger charge is 2.33. The van der Waals surface area contributed by atoms with Gasteiger partial charge in [-0.1, -0.05) is 92.8 Å². The predicted octanol–water partition coefficient (Wildman–Crippen LogP) is 8.55. The van der Waals surface area contributed by atoms with Crippen LogP contribution in [0.4, 0.5) is 0 Å². The summed E-state index contributed by atoms with van der Waals surface area (Å²) < 4.78 is 0. The molecule has 1 aliphatic rings. The van der Waals surface area contributed by atoms with Crippen molar-refractivity contribution >= 4 is 0 Å². The van der Waals surface area contributed by atoms with Gasteiger partial charge in [-0.15, -0.1) is 0 Å². The van der Waals surface area contributed by atoms with Crippen molar-refractivity contribution in [3.8, 4) is 0 Å². The molecule has 0 heteroatoms. The Hall–Kier alpha value is -1.56. The molecule has 0 N–H and O–H groups in total. The van der Waals surface area contributed by atoms with Crippen LogP contribution in [0.2, 0.25) is 0 Å². The van der Waals surface area contributed by atoms with Crippen LogP contribution >= 0.6 is 0 Å². The van der Waals surface area contributed by atoms with Crippen molar-refractivity contribution in [2.45, 2.75) is 82.1 Å². The van der Waals surface area contributed by atoms with Crippen molar-refractivity contribution in [2.24, 2.45) is 23.7 Å². The summed E-state index contributed by atoms with van der Waals surface area (Å²) in [5, 5.41) is 0. The summed E-state index contributed by atoms with van der Waals surface area (Å²) in [6.07, 6.45) is 2.84. The van der Waals surface area contributed by atoms with Gasteiger partial charge >= 0.3 is 0 Å². The van der Waals surface area contributed by atoms with E-state index in [4.69, 9.17) is 0 Å². The van der Waals surface area contributed by atoms with Crippen LogP contribution in [-0.2, 0) is 0 Å². The van der Waals surface area contributed by atoms with Gasteiger partial charge in [-0.2, -0.15) is 0 Å². The minimum absolute atomic E-state index is 0.972. The van der Waals surface area contributed by atoms with E-state index < -0.39 is 0 Å². The molecule has 0 amide bonds. The molecule has 1 saturated carbocycles. The largest absolute Gasteiger partial charge is 0.0651 e. The lowest BCUT2D eigenvalue weighted by Crippen LogP contribution is -2.10. The first-order chi connectivity index (χ1) is 13.0. The molecule has 2 aromatic carbocycles. The molecule has 0 spiro atoms. The lowest BCUT2D eigenvalue weighted by Gasteiger charge is -2.18. The van der Waals surface area contributed by atoms with E-state index in [1.165, 1.54) is 46.2 Å². The summed E-state index contributed by atoms with van der Waals surface area (Å²) >= 11 is 0. The molecule has 28 heavy (non-hydrogen) atoms. The molecule has 0 heterocycles. The van der Waals surface area contributed by atoms with Gasteiger partial charge in [0.15, 0.2) is 0 Å². The lowest BCUT2D eigenvalue weighted by molar-refractivity contribution is 0.314. The zero-order valence-electron chi connectivity index (χ0n) is 20.2. The standard InChI is InChI=1S/C10H20.2C9H12/c1-5-10-8(3)6-7(2)9(10)4;1-7-4-8(2)6-9(3)5-7;1-7-4-5-8(2)9(3)6-7/h7-10H,5-6H2,1-4H3;2*4-6H,1-3H3. The van der Waals surface area contributed by atoms with Crippen LogP contribution in [0, 0.1) is 65.2 Å². The fourth-order valence-electron chi connectivity index (χ4n) is 4.78. The van der Waals surface area contributed by atoms with E-state index in [-0.39, 0.29) is 0 Å². The van der Waals surface area contributed by atoms with Crippen molar-refractivity contribution in [3.63, 3.8) is 0 Å². The zero-order valence-corrected chi connectivity index (χ0v) is 20.2. The Morgan fingerprint density at radius 2 is 1.14 bits per heavy atom. The Morgan fingerprint density at radius 1 is 0.643 bits per heavy atom. The van der Waals surface area contributed by atoms with Crippen LogP contribution in [0.15, 0.2) is 36.4 Å². The minimum atomic E-state index is 0.972. The second-order valence-electron chi connectivity index (χ2n) is 9.37. The monoisotopic (exact) mass is 380 g/mol. The average Bonchev–Trinajstić information content (AvgIpc) is 2.83. The van der Waals surface area contributed by atoms with Crippen molar-refractivity contribution in [1.82, 2.24) is 0 Å². The van der Waals surface area contributed by atoms with Crippen LogP contribution in [0.5, 0.6) is 0 Å². The molecular formula is C28H44. The minimum Gasteiger partial charge on any atom is -0.0651 e. The Kier molecular flexibility index (Phi) is 10.0. The molecule has 0 aliphatic heterocycles. The molecule has 2 aromatic rings. The summed E-state index contributed by atoms with van der Waals surface area (Å²) in [6.45, 7) is 22.3. The molecule has 0 bridgehead atoms. The molecule has 3 rings (SSSR count). The smallest absolute Gasteiger partial charge is 0.0363 e. The zero-order chi connectivity index (χ0) is 21.4. The summed E-state index contributed by atoms with van der Waals surface area (Å²) in [4.78, 5) is 0. The average molecular weight is 381 g/mol. The van der Waals surface area contributed by atoms with Crippen molar-refractivity contribution in [2.75, 3.05) is 0 Å². The Balaban J connectivity index is 0.000000210. The second-order valence-corrected chi connectivity index (χ2v) is 9.37. The number of aryl methyl sites for hydroxylation is 6. The van der Waals surface area contributed by atoms with Crippen molar-refractivity contribution in [1.29, 1.82) is 0 Å². The van der Waals surface area contributed by atoms with E-state index in [1.54, 1.807) is 0 Å². The molecule has 0 saturated heterocycles. The maximum atomic E-state index is 2.42. The topological polar surface area (TPSA) is 0 Å². The first-order valence-electron chi connectivity index (χ1n) is 11.1. The van der Waals surface area contributed by atoms with E-state index in [9.17, 15) is 0 Å². The molecule has 1 aliphatic carbocycles. The molecule has 0 aromatic heterocycles.